The van der Waals surface area contributed by atoms with Gasteiger partial charge in [0.25, 0.3) is 5.89 Å². The standard InChI is InChI=1S/C13H17N3OS/c1-2-5-10(6-3-1)14-9-12-15-13(17-16-12)11-7-4-8-18-11/h4,7-8,10,14H,1-3,5-6,9H2. The Balaban J connectivity index is 1.57. The Morgan fingerprint density at radius 3 is 3.00 bits per heavy atom. The summed E-state index contributed by atoms with van der Waals surface area (Å²) in [5.74, 6) is 1.38. The summed E-state index contributed by atoms with van der Waals surface area (Å²) in [7, 11) is 0. The van der Waals surface area contributed by atoms with Crippen molar-refractivity contribution in [3.05, 3.63) is 23.3 Å². The Morgan fingerprint density at radius 2 is 2.22 bits per heavy atom. The van der Waals surface area contributed by atoms with Crippen LogP contribution in [0.25, 0.3) is 10.8 Å². The number of thiophene rings is 1. The van der Waals surface area contributed by atoms with Crippen LogP contribution >= 0.6 is 11.3 Å². The van der Waals surface area contributed by atoms with Crippen molar-refractivity contribution in [1.29, 1.82) is 0 Å². The minimum atomic E-state index is 0.627. The number of nitrogens with zero attached hydrogens (tertiary/aromatic N) is 2. The first-order valence-electron chi connectivity index (χ1n) is 6.51. The van der Waals surface area contributed by atoms with Gasteiger partial charge in [-0.15, -0.1) is 11.3 Å². The van der Waals surface area contributed by atoms with Gasteiger partial charge in [0.2, 0.25) is 0 Å². The summed E-state index contributed by atoms with van der Waals surface area (Å²) in [6.45, 7) is 0.708. The fourth-order valence-corrected chi connectivity index (χ4v) is 3.01. The molecule has 1 aliphatic carbocycles. The predicted molar refractivity (Wildman–Crippen MR) is 71.3 cm³/mol. The van der Waals surface area contributed by atoms with Gasteiger partial charge in [-0.2, -0.15) is 4.98 Å². The van der Waals surface area contributed by atoms with E-state index in [9.17, 15) is 0 Å². The van der Waals surface area contributed by atoms with E-state index in [1.807, 2.05) is 17.5 Å². The molecule has 0 atom stereocenters. The van der Waals surface area contributed by atoms with E-state index in [4.69, 9.17) is 4.52 Å². The molecule has 18 heavy (non-hydrogen) atoms. The fraction of sp³-hybridized carbons (Fsp3) is 0.538. The highest BCUT2D eigenvalue weighted by Gasteiger charge is 2.14. The molecule has 1 N–H and O–H groups in total. The molecule has 0 saturated heterocycles. The van der Waals surface area contributed by atoms with Crippen LogP contribution in [0.4, 0.5) is 0 Å². The monoisotopic (exact) mass is 263 g/mol. The molecule has 0 aliphatic heterocycles. The number of rotatable bonds is 4. The average Bonchev–Trinajstić information content (AvgIpc) is 3.08. The van der Waals surface area contributed by atoms with Crippen LogP contribution in [0.3, 0.4) is 0 Å². The van der Waals surface area contributed by atoms with Gasteiger partial charge in [0.15, 0.2) is 5.82 Å². The van der Waals surface area contributed by atoms with Crippen molar-refractivity contribution in [2.75, 3.05) is 0 Å². The molecule has 0 radical (unpaired) electrons. The molecule has 1 aliphatic rings. The van der Waals surface area contributed by atoms with Crippen molar-refractivity contribution in [2.24, 2.45) is 0 Å². The van der Waals surface area contributed by atoms with Crippen molar-refractivity contribution < 1.29 is 4.52 Å². The van der Waals surface area contributed by atoms with E-state index >= 15 is 0 Å². The normalized spacial score (nSPS) is 17.1. The van der Waals surface area contributed by atoms with Crippen LogP contribution in [0.1, 0.15) is 37.9 Å². The van der Waals surface area contributed by atoms with E-state index in [2.05, 4.69) is 15.5 Å². The van der Waals surface area contributed by atoms with Crippen LogP contribution < -0.4 is 5.32 Å². The van der Waals surface area contributed by atoms with Gasteiger partial charge in [-0.1, -0.05) is 30.5 Å². The highest BCUT2D eigenvalue weighted by atomic mass is 32.1. The van der Waals surface area contributed by atoms with Gasteiger partial charge in [-0.25, -0.2) is 0 Å². The fourth-order valence-electron chi connectivity index (χ4n) is 2.37. The van der Waals surface area contributed by atoms with Gasteiger partial charge in [-0.3, -0.25) is 0 Å². The molecule has 2 aromatic rings. The zero-order valence-corrected chi connectivity index (χ0v) is 11.1. The highest BCUT2D eigenvalue weighted by molar-refractivity contribution is 7.13. The van der Waals surface area contributed by atoms with Crippen molar-refractivity contribution in [3.8, 4) is 10.8 Å². The molecule has 0 aromatic carbocycles. The molecular formula is C13H17N3OS. The van der Waals surface area contributed by atoms with Crippen molar-refractivity contribution in [2.45, 2.75) is 44.7 Å². The molecule has 3 rings (SSSR count). The molecule has 0 bridgehead atoms. The Morgan fingerprint density at radius 1 is 1.33 bits per heavy atom. The van der Waals surface area contributed by atoms with E-state index in [0.29, 0.717) is 18.5 Å². The van der Waals surface area contributed by atoms with Crippen LogP contribution in [0.5, 0.6) is 0 Å². The van der Waals surface area contributed by atoms with Crippen LogP contribution in [0.15, 0.2) is 22.0 Å². The van der Waals surface area contributed by atoms with Crippen molar-refractivity contribution in [3.63, 3.8) is 0 Å². The molecule has 2 aromatic heterocycles. The summed E-state index contributed by atoms with van der Waals surface area (Å²) in [5.41, 5.74) is 0. The molecule has 0 amide bonds. The molecule has 2 heterocycles. The second-order valence-electron chi connectivity index (χ2n) is 4.71. The SMILES string of the molecule is c1csc(-c2nc(CNC3CCCCC3)no2)c1. The van der Waals surface area contributed by atoms with Gasteiger partial charge >= 0.3 is 0 Å². The number of aromatic nitrogens is 2. The maximum Gasteiger partial charge on any atom is 0.268 e. The van der Waals surface area contributed by atoms with E-state index in [1.54, 1.807) is 11.3 Å². The number of nitrogens with one attached hydrogen (secondary N) is 1. The van der Waals surface area contributed by atoms with Gasteiger partial charge in [0.05, 0.1) is 11.4 Å². The Hall–Kier alpha value is -1.20. The zero-order chi connectivity index (χ0) is 12.2. The Kier molecular flexibility index (Phi) is 3.71. The Bertz CT molecular complexity index is 474. The molecule has 0 spiro atoms. The topological polar surface area (TPSA) is 51.0 Å². The lowest BCUT2D eigenvalue weighted by Gasteiger charge is -2.21. The van der Waals surface area contributed by atoms with E-state index in [0.717, 1.165) is 10.7 Å². The van der Waals surface area contributed by atoms with Crippen LogP contribution in [0, 0.1) is 0 Å². The third kappa shape index (κ3) is 2.79. The van der Waals surface area contributed by atoms with Gasteiger partial charge in [-0.05, 0) is 24.3 Å². The quantitative estimate of drug-likeness (QED) is 0.920. The summed E-state index contributed by atoms with van der Waals surface area (Å²) < 4.78 is 5.26. The maximum atomic E-state index is 5.26. The third-order valence-electron chi connectivity index (χ3n) is 3.35. The largest absolute Gasteiger partial charge is 0.333 e. The van der Waals surface area contributed by atoms with Crippen molar-refractivity contribution >= 4 is 11.3 Å². The molecule has 1 saturated carbocycles. The predicted octanol–water partition coefficient (Wildman–Crippen LogP) is 3.22. The Labute approximate surface area is 110 Å². The lowest BCUT2D eigenvalue weighted by atomic mass is 9.95. The van der Waals surface area contributed by atoms with E-state index < -0.39 is 0 Å². The zero-order valence-electron chi connectivity index (χ0n) is 10.3. The second kappa shape index (κ2) is 5.63. The summed E-state index contributed by atoms with van der Waals surface area (Å²) in [6.07, 6.45) is 6.60. The van der Waals surface area contributed by atoms with Gasteiger partial charge in [0.1, 0.15) is 0 Å². The average molecular weight is 263 g/mol. The molecule has 1 fully saturated rings. The lowest BCUT2D eigenvalue weighted by Crippen LogP contribution is -2.30. The minimum absolute atomic E-state index is 0.627. The van der Waals surface area contributed by atoms with Crippen LogP contribution in [-0.4, -0.2) is 16.2 Å². The molecule has 0 unspecified atom stereocenters. The van der Waals surface area contributed by atoms with E-state index in [1.165, 1.54) is 32.1 Å². The lowest BCUT2D eigenvalue weighted by molar-refractivity contribution is 0.362. The second-order valence-corrected chi connectivity index (χ2v) is 5.66. The summed E-state index contributed by atoms with van der Waals surface area (Å²) >= 11 is 1.62. The summed E-state index contributed by atoms with van der Waals surface area (Å²) in [5, 5.41) is 9.54. The smallest absolute Gasteiger partial charge is 0.268 e. The first kappa shape index (κ1) is 11.9. The maximum absolute atomic E-state index is 5.26. The minimum Gasteiger partial charge on any atom is -0.333 e. The first-order chi connectivity index (χ1) is 8.92. The first-order valence-corrected chi connectivity index (χ1v) is 7.39. The third-order valence-corrected chi connectivity index (χ3v) is 4.21. The molecule has 5 heteroatoms. The van der Waals surface area contributed by atoms with Gasteiger partial charge in [0, 0.05) is 6.04 Å². The highest BCUT2D eigenvalue weighted by Crippen LogP contribution is 2.22. The number of hydrogen-bond donors (Lipinski definition) is 1. The van der Waals surface area contributed by atoms with E-state index in [-0.39, 0.29) is 0 Å². The number of hydrogen-bond acceptors (Lipinski definition) is 5. The van der Waals surface area contributed by atoms with Crippen LogP contribution in [-0.2, 0) is 6.54 Å². The molecule has 96 valence electrons. The van der Waals surface area contributed by atoms with Gasteiger partial charge < -0.3 is 9.84 Å². The summed E-state index contributed by atoms with van der Waals surface area (Å²) in [6, 6.07) is 4.61. The van der Waals surface area contributed by atoms with Crippen molar-refractivity contribution in [1.82, 2.24) is 15.5 Å². The molecular weight excluding hydrogens is 246 g/mol. The molecule has 4 nitrogen and oxygen atoms in total. The summed E-state index contributed by atoms with van der Waals surface area (Å²) in [4.78, 5) is 5.44. The van der Waals surface area contributed by atoms with Crippen LogP contribution in [0.2, 0.25) is 0 Å².